The molecule has 0 unspecified atom stereocenters. The average molecular weight is 273 g/mol. The van der Waals surface area contributed by atoms with Gasteiger partial charge in [0, 0.05) is 16.2 Å². The molecule has 0 amide bonds. The van der Waals surface area contributed by atoms with Crippen LogP contribution in [0.25, 0.3) is 0 Å². The van der Waals surface area contributed by atoms with Crippen molar-refractivity contribution in [2.24, 2.45) is 17.8 Å². The van der Waals surface area contributed by atoms with Crippen molar-refractivity contribution < 1.29 is 0 Å². The number of benzene rings is 1. The molecule has 0 saturated heterocycles. The van der Waals surface area contributed by atoms with Gasteiger partial charge >= 0.3 is 0 Å². The number of nitrogen functional groups attached to an aromatic ring is 1. The molecule has 2 heteroatoms. The summed E-state index contributed by atoms with van der Waals surface area (Å²) < 4.78 is 0.635. The Bertz CT molecular complexity index is 429. The number of anilines is 1. The van der Waals surface area contributed by atoms with Crippen molar-refractivity contribution in [2.45, 2.75) is 49.0 Å². The SMILES string of the molecule is Nc1ccc(CSC23CC4CC(CC(C4)C2)C3)cc1. The maximum Gasteiger partial charge on any atom is 0.0314 e. The van der Waals surface area contributed by atoms with Crippen molar-refractivity contribution >= 4 is 17.4 Å². The zero-order chi connectivity index (χ0) is 12.9. The lowest BCUT2D eigenvalue weighted by Gasteiger charge is -2.56. The molecule has 0 spiro atoms. The van der Waals surface area contributed by atoms with Crippen LogP contribution in [0.3, 0.4) is 0 Å². The minimum absolute atomic E-state index is 0.635. The van der Waals surface area contributed by atoms with Gasteiger partial charge in [0.25, 0.3) is 0 Å². The summed E-state index contributed by atoms with van der Waals surface area (Å²) >= 11 is 2.25. The normalized spacial score (nSPS) is 39.7. The van der Waals surface area contributed by atoms with Crippen molar-refractivity contribution in [3.63, 3.8) is 0 Å². The summed E-state index contributed by atoms with van der Waals surface area (Å²) in [6, 6.07) is 8.47. The first-order chi connectivity index (χ1) is 9.21. The van der Waals surface area contributed by atoms with Gasteiger partial charge in [-0.25, -0.2) is 0 Å². The van der Waals surface area contributed by atoms with E-state index in [-0.39, 0.29) is 0 Å². The lowest BCUT2D eigenvalue weighted by Crippen LogP contribution is -2.48. The molecule has 0 heterocycles. The Hall–Kier alpha value is -0.630. The lowest BCUT2D eigenvalue weighted by molar-refractivity contribution is 0.0383. The first kappa shape index (κ1) is 12.1. The van der Waals surface area contributed by atoms with E-state index in [1.165, 1.54) is 30.6 Å². The van der Waals surface area contributed by atoms with Crippen molar-refractivity contribution in [3.8, 4) is 0 Å². The number of hydrogen-bond acceptors (Lipinski definition) is 2. The van der Waals surface area contributed by atoms with Gasteiger partial charge in [0.05, 0.1) is 0 Å². The second-order valence-electron chi connectivity index (χ2n) is 7.13. The second kappa shape index (κ2) is 4.44. The number of thioether (sulfide) groups is 1. The molecule has 4 aliphatic carbocycles. The van der Waals surface area contributed by atoms with Crippen LogP contribution in [0.2, 0.25) is 0 Å². The van der Waals surface area contributed by atoms with Crippen LogP contribution in [0.4, 0.5) is 5.69 Å². The fraction of sp³-hybridized carbons (Fsp3) is 0.647. The minimum atomic E-state index is 0.635. The van der Waals surface area contributed by atoms with E-state index in [0.717, 1.165) is 23.4 Å². The summed E-state index contributed by atoms with van der Waals surface area (Å²) in [5, 5.41) is 0. The van der Waals surface area contributed by atoms with E-state index < -0.39 is 0 Å². The molecular weight excluding hydrogens is 250 g/mol. The Kier molecular flexibility index (Phi) is 2.84. The van der Waals surface area contributed by atoms with Crippen LogP contribution in [0.1, 0.15) is 44.1 Å². The van der Waals surface area contributed by atoms with Crippen molar-refractivity contribution in [1.29, 1.82) is 0 Å². The summed E-state index contributed by atoms with van der Waals surface area (Å²) in [5.41, 5.74) is 8.08. The molecule has 1 aromatic rings. The minimum Gasteiger partial charge on any atom is -0.399 e. The Morgan fingerprint density at radius 3 is 2.00 bits per heavy atom. The molecule has 102 valence electrons. The summed E-state index contributed by atoms with van der Waals surface area (Å²) in [4.78, 5) is 0. The highest BCUT2D eigenvalue weighted by Crippen LogP contribution is 2.60. The van der Waals surface area contributed by atoms with E-state index in [0.29, 0.717) is 4.75 Å². The van der Waals surface area contributed by atoms with E-state index in [2.05, 4.69) is 23.9 Å². The molecule has 1 nitrogen and oxygen atoms in total. The Morgan fingerprint density at radius 2 is 1.47 bits per heavy atom. The van der Waals surface area contributed by atoms with Gasteiger partial charge in [-0.15, -0.1) is 0 Å². The zero-order valence-electron chi connectivity index (χ0n) is 11.5. The largest absolute Gasteiger partial charge is 0.399 e. The van der Waals surface area contributed by atoms with Crippen LogP contribution in [0.5, 0.6) is 0 Å². The van der Waals surface area contributed by atoms with Crippen LogP contribution in [0, 0.1) is 17.8 Å². The van der Waals surface area contributed by atoms with E-state index in [4.69, 9.17) is 5.73 Å². The molecule has 0 aromatic heterocycles. The summed E-state index contributed by atoms with van der Waals surface area (Å²) in [6.07, 6.45) is 9.13. The maximum absolute atomic E-state index is 5.76. The number of hydrogen-bond donors (Lipinski definition) is 1. The van der Waals surface area contributed by atoms with Gasteiger partial charge < -0.3 is 5.73 Å². The fourth-order valence-electron chi connectivity index (χ4n) is 5.06. The van der Waals surface area contributed by atoms with Gasteiger partial charge in [-0.3, -0.25) is 0 Å². The quantitative estimate of drug-likeness (QED) is 0.822. The fourth-order valence-corrected chi connectivity index (χ4v) is 6.78. The van der Waals surface area contributed by atoms with Gasteiger partial charge in [0.15, 0.2) is 0 Å². The van der Waals surface area contributed by atoms with Crippen molar-refractivity contribution in [1.82, 2.24) is 0 Å². The lowest BCUT2D eigenvalue weighted by atomic mass is 9.56. The third-order valence-corrected chi connectivity index (χ3v) is 7.10. The van der Waals surface area contributed by atoms with Crippen molar-refractivity contribution in [2.75, 3.05) is 5.73 Å². The summed E-state index contributed by atoms with van der Waals surface area (Å²) in [5.74, 6) is 4.35. The standard InChI is InChI=1S/C17H23NS/c18-16-3-1-12(2-4-16)11-19-17-8-13-5-14(9-17)7-15(6-13)10-17/h1-4,13-15H,5-11,18H2. The molecule has 4 saturated carbocycles. The van der Waals surface area contributed by atoms with Crippen LogP contribution in [-0.2, 0) is 5.75 Å². The third-order valence-electron chi connectivity index (χ3n) is 5.51. The van der Waals surface area contributed by atoms with Gasteiger partial charge in [-0.1, -0.05) is 12.1 Å². The monoisotopic (exact) mass is 273 g/mol. The van der Waals surface area contributed by atoms with Crippen LogP contribution < -0.4 is 5.73 Å². The third kappa shape index (κ3) is 2.29. The molecule has 1 aromatic carbocycles. The molecule has 4 bridgehead atoms. The van der Waals surface area contributed by atoms with E-state index in [1.807, 2.05) is 12.1 Å². The van der Waals surface area contributed by atoms with Crippen LogP contribution >= 0.6 is 11.8 Å². The van der Waals surface area contributed by atoms with E-state index in [1.54, 1.807) is 19.3 Å². The molecule has 0 aliphatic heterocycles. The highest BCUT2D eigenvalue weighted by Gasteiger charge is 2.50. The number of nitrogens with two attached hydrogens (primary N) is 1. The Morgan fingerprint density at radius 1 is 0.947 bits per heavy atom. The maximum atomic E-state index is 5.76. The van der Waals surface area contributed by atoms with E-state index >= 15 is 0 Å². The summed E-state index contributed by atoms with van der Waals surface area (Å²) in [7, 11) is 0. The molecule has 0 atom stereocenters. The van der Waals surface area contributed by atoms with Crippen molar-refractivity contribution in [3.05, 3.63) is 29.8 Å². The summed E-state index contributed by atoms with van der Waals surface area (Å²) in [6.45, 7) is 0. The van der Waals surface area contributed by atoms with Gasteiger partial charge in [0.1, 0.15) is 0 Å². The molecule has 0 radical (unpaired) electrons. The predicted molar refractivity (Wildman–Crippen MR) is 83.1 cm³/mol. The predicted octanol–water partition coefficient (Wildman–Crippen LogP) is 4.47. The molecule has 19 heavy (non-hydrogen) atoms. The highest BCUT2D eigenvalue weighted by atomic mass is 32.2. The smallest absolute Gasteiger partial charge is 0.0314 e. The van der Waals surface area contributed by atoms with Gasteiger partial charge in [-0.05, 0) is 74.0 Å². The van der Waals surface area contributed by atoms with Gasteiger partial charge in [-0.2, -0.15) is 11.8 Å². The Balaban J connectivity index is 1.46. The molecular formula is C17H23NS. The van der Waals surface area contributed by atoms with Gasteiger partial charge in [0.2, 0.25) is 0 Å². The second-order valence-corrected chi connectivity index (χ2v) is 8.57. The molecule has 4 aliphatic rings. The molecule has 2 N–H and O–H groups in total. The zero-order valence-corrected chi connectivity index (χ0v) is 12.3. The Labute approximate surface area is 120 Å². The molecule has 5 rings (SSSR count). The van der Waals surface area contributed by atoms with Crippen LogP contribution in [-0.4, -0.2) is 4.75 Å². The molecule has 4 fully saturated rings. The number of rotatable bonds is 3. The average Bonchev–Trinajstić information content (AvgIpc) is 2.36. The topological polar surface area (TPSA) is 26.0 Å². The van der Waals surface area contributed by atoms with E-state index in [9.17, 15) is 0 Å². The van der Waals surface area contributed by atoms with Crippen LogP contribution in [0.15, 0.2) is 24.3 Å². The first-order valence-electron chi connectivity index (χ1n) is 7.69. The highest BCUT2D eigenvalue weighted by molar-refractivity contribution is 7.99. The first-order valence-corrected chi connectivity index (χ1v) is 8.68.